The molecule has 1 aliphatic heterocycles. The third kappa shape index (κ3) is 2.64. The second kappa shape index (κ2) is 5.46. The van der Waals surface area contributed by atoms with Crippen LogP contribution in [0.15, 0.2) is 12.1 Å². The average molecular weight is 263 g/mol. The summed E-state index contributed by atoms with van der Waals surface area (Å²) in [6.07, 6.45) is 0.793. The largest absolute Gasteiger partial charge is 0.486 e. The number of H-pyrrole nitrogens is 1. The van der Waals surface area contributed by atoms with E-state index in [2.05, 4.69) is 15.3 Å². The lowest BCUT2D eigenvalue weighted by atomic mass is 10.2. The van der Waals surface area contributed by atoms with Crippen molar-refractivity contribution in [1.29, 1.82) is 0 Å². The number of nitrogens with zero attached hydrogens (tertiary/aromatic N) is 1. The maximum Gasteiger partial charge on any atom is 0.163 e. The van der Waals surface area contributed by atoms with E-state index < -0.39 is 0 Å². The molecule has 0 saturated carbocycles. The lowest BCUT2D eigenvalue weighted by Crippen LogP contribution is -2.21. The number of aromatic nitrogens is 2. The van der Waals surface area contributed by atoms with Gasteiger partial charge in [0.2, 0.25) is 0 Å². The number of imidazole rings is 1. The summed E-state index contributed by atoms with van der Waals surface area (Å²) in [6, 6.07) is 3.84. The summed E-state index contributed by atoms with van der Waals surface area (Å²) < 4.78 is 11.1. The van der Waals surface area contributed by atoms with Crippen LogP contribution >= 0.6 is 0 Å². The molecule has 0 amide bonds. The Bertz CT molecular complexity index is 525. The number of benzene rings is 1. The highest BCUT2D eigenvalue weighted by molar-refractivity contribution is 5.79. The van der Waals surface area contributed by atoms with Crippen molar-refractivity contribution < 1.29 is 14.6 Å². The standard InChI is InChI=1S/C13H17N3O3/c17-4-3-14-2-1-13-15-9-7-11-12(8-10(9)16-13)19-6-5-18-11/h7-8,14,17H,1-6H2,(H,15,16). The van der Waals surface area contributed by atoms with Crippen LogP contribution in [0.3, 0.4) is 0 Å². The Kier molecular flexibility index (Phi) is 3.52. The number of aliphatic hydroxyl groups is 1. The highest BCUT2D eigenvalue weighted by Crippen LogP contribution is 2.33. The minimum Gasteiger partial charge on any atom is -0.486 e. The molecule has 0 bridgehead atoms. The maximum atomic E-state index is 8.69. The summed E-state index contributed by atoms with van der Waals surface area (Å²) in [6.45, 7) is 2.72. The van der Waals surface area contributed by atoms with Gasteiger partial charge in [-0.05, 0) is 0 Å². The predicted octanol–water partition coefficient (Wildman–Crippen LogP) is 0.458. The van der Waals surface area contributed by atoms with E-state index in [1.165, 1.54) is 0 Å². The van der Waals surface area contributed by atoms with E-state index in [9.17, 15) is 0 Å². The third-order valence-corrected chi connectivity index (χ3v) is 3.02. The van der Waals surface area contributed by atoms with Crippen LogP contribution in [-0.2, 0) is 6.42 Å². The predicted molar refractivity (Wildman–Crippen MR) is 70.7 cm³/mol. The molecular formula is C13H17N3O3. The number of aromatic amines is 1. The van der Waals surface area contributed by atoms with Crippen LogP contribution in [0.4, 0.5) is 0 Å². The van der Waals surface area contributed by atoms with Gasteiger partial charge in [0.15, 0.2) is 11.5 Å². The average Bonchev–Trinajstić information content (AvgIpc) is 2.82. The fraction of sp³-hybridized carbons (Fsp3) is 0.462. The lowest BCUT2D eigenvalue weighted by Gasteiger charge is -2.17. The molecule has 0 spiro atoms. The third-order valence-electron chi connectivity index (χ3n) is 3.02. The Labute approximate surface area is 110 Å². The molecule has 6 nitrogen and oxygen atoms in total. The molecule has 1 aromatic heterocycles. The first-order chi connectivity index (χ1) is 9.36. The second-order valence-corrected chi connectivity index (χ2v) is 4.42. The van der Waals surface area contributed by atoms with Crippen molar-refractivity contribution in [2.75, 3.05) is 32.9 Å². The van der Waals surface area contributed by atoms with Gasteiger partial charge in [0.05, 0.1) is 17.6 Å². The van der Waals surface area contributed by atoms with Crippen LogP contribution < -0.4 is 14.8 Å². The summed E-state index contributed by atoms with van der Waals surface area (Å²) in [7, 11) is 0. The van der Waals surface area contributed by atoms with Crippen molar-refractivity contribution in [3.8, 4) is 11.5 Å². The van der Waals surface area contributed by atoms with Crippen molar-refractivity contribution in [3.63, 3.8) is 0 Å². The van der Waals surface area contributed by atoms with Gasteiger partial charge in [-0.1, -0.05) is 0 Å². The number of ether oxygens (including phenoxy) is 2. The molecule has 2 heterocycles. The topological polar surface area (TPSA) is 79.4 Å². The Morgan fingerprint density at radius 3 is 2.79 bits per heavy atom. The van der Waals surface area contributed by atoms with Crippen LogP contribution in [0.2, 0.25) is 0 Å². The Morgan fingerprint density at radius 1 is 1.21 bits per heavy atom. The molecule has 0 atom stereocenters. The molecule has 0 unspecified atom stereocenters. The number of hydrogen-bond acceptors (Lipinski definition) is 5. The molecule has 3 rings (SSSR count). The van der Waals surface area contributed by atoms with E-state index in [1.807, 2.05) is 12.1 Å². The SMILES string of the molecule is OCCNCCc1nc2cc3c(cc2[nH]1)OCCO3. The smallest absolute Gasteiger partial charge is 0.163 e. The van der Waals surface area contributed by atoms with E-state index >= 15 is 0 Å². The van der Waals surface area contributed by atoms with E-state index in [4.69, 9.17) is 14.6 Å². The molecular weight excluding hydrogens is 246 g/mol. The lowest BCUT2D eigenvalue weighted by molar-refractivity contribution is 0.172. The van der Waals surface area contributed by atoms with Crippen LogP contribution in [-0.4, -0.2) is 48.0 Å². The number of nitrogens with one attached hydrogen (secondary N) is 2. The summed E-state index contributed by atoms with van der Waals surface area (Å²) in [5, 5.41) is 11.8. The fourth-order valence-corrected chi connectivity index (χ4v) is 2.13. The number of fused-ring (bicyclic) bond motifs is 2. The molecule has 3 N–H and O–H groups in total. The van der Waals surface area contributed by atoms with Gasteiger partial charge in [0.1, 0.15) is 19.0 Å². The summed E-state index contributed by atoms with van der Waals surface area (Å²) in [4.78, 5) is 7.80. The number of aliphatic hydroxyl groups excluding tert-OH is 1. The minimum absolute atomic E-state index is 0.154. The zero-order valence-electron chi connectivity index (χ0n) is 10.6. The molecule has 0 aliphatic carbocycles. The van der Waals surface area contributed by atoms with Gasteiger partial charge in [-0.25, -0.2) is 4.98 Å². The number of hydrogen-bond donors (Lipinski definition) is 3. The van der Waals surface area contributed by atoms with Crippen molar-refractivity contribution in [2.45, 2.75) is 6.42 Å². The molecule has 102 valence electrons. The van der Waals surface area contributed by atoms with Gasteiger partial charge in [-0.3, -0.25) is 0 Å². The van der Waals surface area contributed by atoms with Gasteiger partial charge >= 0.3 is 0 Å². The van der Waals surface area contributed by atoms with E-state index in [1.54, 1.807) is 0 Å². The maximum absolute atomic E-state index is 8.69. The molecule has 0 saturated heterocycles. The van der Waals surface area contributed by atoms with Crippen LogP contribution in [0, 0.1) is 0 Å². The van der Waals surface area contributed by atoms with Crippen LogP contribution in [0.5, 0.6) is 11.5 Å². The summed E-state index contributed by atoms with van der Waals surface area (Å²) >= 11 is 0. The molecule has 1 aromatic carbocycles. The quantitative estimate of drug-likeness (QED) is 0.683. The van der Waals surface area contributed by atoms with E-state index in [-0.39, 0.29) is 6.61 Å². The number of rotatable bonds is 5. The Balaban J connectivity index is 1.76. The molecule has 0 radical (unpaired) electrons. The molecule has 1 aliphatic rings. The molecule has 2 aromatic rings. The zero-order chi connectivity index (χ0) is 13.1. The second-order valence-electron chi connectivity index (χ2n) is 4.42. The van der Waals surface area contributed by atoms with Gasteiger partial charge < -0.3 is 24.9 Å². The normalized spacial score (nSPS) is 13.9. The van der Waals surface area contributed by atoms with E-state index in [0.717, 1.165) is 41.3 Å². The fourth-order valence-electron chi connectivity index (χ4n) is 2.13. The van der Waals surface area contributed by atoms with Crippen molar-refractivity contribution in [2.24, 2.45) is 0 Å². The monoisotopic (exact) mass is 263 g/mol. The highest BCUT2D eigenvalue weighted by atomic mass is 16.6. The highest BCUT2D eigenvalue weighted by Gasteiger charge is 2.14. The first-order valence-corrected chi connectivity index (χ1v) is 6.46. The minimum atomic E-state index is 0.154. The molecule has 6 heteroatoms. The van der Waals surface area contributed by atoms with Crippen molar-refractivity contribution in [3.05, 3.63) is 18.0 Å². The summed E-state index contributed by atoms with van der Waals surface area (Å²) in [5.74, 6) is 2.45. The van der Waals surface area contributed by atoms with Gasteiger partial charge in [-0.15, -0.1) is 0 Å². The van der Waals surface area contributed by atoms with Crippen molar-refractivity contribution in [1.82, 2.24) is 15.3 Å². The first-order valence-electron chi connectivity index (χ1n) is 6.46. The van der Waals surface area contributed by atoms with Gasteiger partial charge in [0, 0.05) is 31.6 Å². The first kappa shape index (κ1) is 12.3. The Morgan fingerprint density at radius 2 is 2.00 bits per heavy atom. The van der Waals surface area contributed by atoms with Gasteiger partial charge in [-0.2, -0.15) is 0 Å². The van der Waals surface area contributed by atoms with Crippen LogP contribution in [0.25, 0.3) is 11.0 Å². The molecule has 19 heavy (non-hydrogen) atoms. The zero-order valence-corrected chi connectivity index (χ0v) is 10.6. The Hall–Kier alpha value is -1.79. The van der Waals surface area contributed by atoms with E-state index in [0.29, 0.717) is 19.8 Å². The van der Waals surface area contributed by atoms with Crippen LogP contribution in [0.1, 0.15) is 5.82 Å². The van der Waals surface area contributed by atoms with Crippen molar-refractivity contribution >= 4 is 11.0 Å². The molecule has 0 fully saturated rings. The summed E-state index contributed by atoms with van der Waals surface area (Å²) in [5.41, 5.74) is 1.85. The van der Waals surface area contributed by atoms with Gasteiger partial charge in [0.25, 0.3) is 0 Å².